The summed E-state index contributed by atoms with van der Waals surface area (Å²) >= 11 is 1.43. The number of aliphatic carboxylic acids is 1. The topological polar surface area (TPSA) is 66.4 Å². The van der Waals surface area contributed by atoms with E-state index in [1.54, 1.807) is 6.07 Å². The first-order valence-corrected chi connectivity index (χ1v) is 6.22. The van der Waals surface area contributed by atoms with E-state index in [2.05, 4.69) is 5.32 Å². The molecule has 0 aliphatic carbocycles. The summed E-state index contributed by atoms with van der Waals surface area (Å²) in [5, 5.41) is 11.5. The minimum Gasteiger partial charge on any atom is -0.481 e. The predicted octanol–water partition coefficient (Wildman–Crippen LogP) is 2.43. The van der Waals surface area contributed by atoms with Gasteiger partial charge in [0.05, 0.1) is 4.88 Å². The first-order valence-electron chi connectivity index (χ1n) is 5.41. The molecular formula is C12H17NO3S. The smallest absolute Gasteiger partial charge is 0.303 e. The Balaban J connectivity index is 2.58. The summed E-state index contributed by atoms with van der Waals surface area (Å²) in [6.07, 6.45) is 0.467. The summed E-state index contributed by atoms with van der Waals surface area (Å²) < 4.78 is 0. The van der Waals surface area contributed by atoms with Crippen molar-refractivity contribution in [3.63, 3.8) is 0 Å². The first kappa shape index (κ1) is 13.7. The molecule has 0 bridgehead atoms. The van der Waals surface area contributed by atoms with Crippen LogP contribution in [0.5, 0.6) is 0 Å². The van der Waals surface area contributed by atoms with Crippen molar-refractivity contribution in [1.82, 2.24) is 5.32 Å². The Kier molecular flexibility index (Phi) is 4.28. The Morgan fingerprint density at radius 2 is 2.06 bits per heavy atom. The highest BCUT2D eigenvalue weighted by Gasteiger charge is 2.22. The van der Waals surface area contributed by atoms with E-state index < -0.39 is 11.5 Å². The Bertz CT molecular complexity index is 423. The van der Waals surface area contributed by atoms with Crippen LogP contribution >= 0.6 is 11.3 Å². The maximum Gasteiger partial charge on any atom is 0.303 e. The molecule has 1 aromatic rings. The molecule has 1 rings (SSSR count). The number of hydrogen-bond donors (Lipinski definition) is 2. The number of thiophene rings is 1. The number of nitrogens with one attached hydrogen (secondary N) is 1. The lowest BCUT2D eigenvalue weighted by atomic mass is 9.98. The van der Waals surface area contributed by atoms with Crippen molar-refractivity contribution < 1.29 is 14.7 Å². The zero-order chi connectivity index (χ0) is 13.1. The molecule has 0 saturated heterocycles. The summed E-state index contributed by atoms with van der Waals surface area (Å²) in [6, 6.07) is 3.67. The van der Waals surface area contributed by atoms with Gasteiger partial charge in [-0.2, -0.15) is 0 Å². The molecule has 4 nitrogen and oxygen atoms in total. The van der Waals surface area contributed by atoms with Crippen LogP contribution in [0.15, 0.2) is 12.1 Å². The fourth-order valence-electron chi connectivity index (χ4n) is 1.41. The standard InChI is InChI=1S/C12H17NO3S/c1-8-4-5-9(17-8)11(16)13-12(2,3)7-6-10(14)15/h4-5H,6-7H2,1-3H3,(H,13,16)(H,14,15). The van der Waals surface area contributed by atoms with E-state index in [-0.39, 0.29) is 12.3 Å². The lowest BCUT2D eigenvalue weighted by molar-refractivity contribution is -0.137. The van der Waals surface area contributed by atoms with Crippen LogP contribution in [-0.2, 0) is 4.79 Å². The number of aryl methyl sites for hydroxylation is 1. The average Bonchev–Trinajstić information content (AvgIpc) is 2.61. The third kappa shape index (κ3) is 4.56. The lowest BCUT2D eigenvalue weighted by Crippen LogP contribution is -2.43. The largest absolute Gasteiger partial charge is 0.481 e. The van der Waals surface area contributed by atoms with Gasteiger partial charge >= 0.3 is 5.97 Å². The second kappa shape index (κ2) is 5.31. The zero-order valence-corrected chi connectivity index (χ0v) is 11.1. The molecule has 1 heterocycles. The van der Waals surface area contributed by atoms with Gasteiger partial charge in [-0.1, -0.05) is 0 Å². The molecular weight excluding hydrogens is 238 g/mol. The second-order valence-corrected chi connectivity index (χ2v) is 5.93. The highest BCUT2D eigenvalue weighted by Crippen LogP contribution is 2.17. The summed E-state index contributed by atoms with van der Waals surface area (Å²) in [5.41, 5.74) is -0.507. The quantitative estimate of drug-likeness (QED) is 0.849. The summed E-state index contributed by atoms with van der Waals surface area (Å²) in [6.45, 7) is 5.60. The molecule has 2 N–H and O–H groups in total. The Morgan fingerprint density at radius 3 is 2.53 bits per heavy atom. The maximum atomic E-state index is 11.9. The van der Waals surface area contributed by atoms with E-state index in [0.717, 1.165) is 4.88 Å². The highest BCUT2D eigenvalue weighted by atomic mass is 32.1. The molecule has 0 atom stereocenters. The van der Waals surface area contributed by atoms with E-state index in [0.29, 0.717) is 11.3 Å². The predicted molar refractivity (Wildman–Crippen MR) is 67.5 cm³/mol. The van der Waals surface area contributed by atoms with Crippen molar-refractivity contribution in [3.05, 3.63) is 21.9 Å². The van der Waals surface area contributed by atoms with E-state index in [1.165, 1.54) is 11.3 Å². The SMILES string of the molecule is Cc1ccc(C(=O)NC(C)(C)CCC(=O)O)s1. The molecule has 5 heteroatoms. The number of hydrogen-bond acceptors (Lipinski definition) is 3. The molecule has 0 aliphatic rings. The molecule has 0 aromatic carbocycles. The van der Waals surface area contributed by atoms with Crippen LogP contribution in [0.25, 0.3) is 0 Å². The molecule has 94 valence electrons. The third-order valence-corrected chi connectivity index (χ3v) is 3.38. The molecule has 1 aromatic heterocycles. The van der Waals surface area contributed by atoms with Crippen molar-refractivity contribution in [2.75, 3.05) is 0 Å². The van der Waals surface area contributed by atoms with Gasteiger partial charge in [0.2, 0.25) is 0 Å². The van der Waals surface area contributed by atoms with Crippen LogP contribution in [0.3, 0.4) is 0 Å². The number of amides is 1. The maximum absolute atomic E-state index is 11.9. The van der Waals surface area contributed by atoms with Gasteiger partial charge < -0.3 is 10.4 Å². The first-order chi connectivity index (χ1) is 7.80. The molecule has 0 fully saturated rings. The zero-order valence-electron chi connectivity index (χ0n) is 10.2. The van der Waals surface area contributed by atoms with E-state index in [4.69, 9.17) is 5.11 Å². The van der Waals surface area contributed by atoms with E-state index in [9.17, 15) is 9.59 Å². The Labute approximate surface area is 105 Å². The second-order valence-electron chi connectivity index (χ2n) is 4.64. The summed E-state index contributed by atoms with van der Waals surface area (Å²) in [7, 11) is 0. The van der Waals surface area contributed by atoms with Crippen LogP contribution in [0, 0.1) is 6.92 Å². The van der Waals surface area contributed by atoms with Gasteiger partial charge in [0.25, 0.3) is 5.91 Å². The van der Waals surface area contributed by atoms with Crippen molar-refractivity contribution in [2.24, 2.45) is 0 Å². The van der Waals surface area contributed by atoms with Gasteiger partial charge in [-0.3, -0.25) is 9.59 Å². The fourth-order valence-corrected chi connectivity index (χ4v) is 2.17. The normalized spacial score (nSPS) is 11.2. The number of carbonyl (C=O) groups excluding carboxylic acids is 1. The van der Waals surface area contributed by atoms with Gasteiger partial charge in [0.15, 0.2) is 0 Å². The van der Waals surface area contributed by atoms with Crippen LogP contribution in [-0.4, -0.2) is 22.5 Å². The van der Waals surface area contributed by atoms with Crippen molar-refractivity contribution >= 4 is 23.2 Å². The molecule has 0 spiro atoms. The molecule has 1 amide bonds. The number of carboxylic acid groups (broad SMARTS) is 1. The van der Waals surface area contributed by atoms with E-state index in [1.807, 2.05) is 26.8 Å². The summed E-state index contributed by atoms with van der Waals surface area (Å²) in [5.74, 6) is -0.988. The van der Waals surface area contributed by atoms with Gasteiger partial charge in [-0.05, 0) is 39.3 Å². The van der Waals surface area contributed by atoms with Gasteiger partial charge in [0.1, 0.15) is 0 Å². The van der Waals surface area contributed by atoms with Gasteiger partial charge in [-0.25, -0.2) is 0 Å². The molecule has 0 radical (unpaired) electrons. The number of rotatable bonds is 5. The number of carboxylic acids is 1. The highest BCUT2D eigenvalue weighted by molar-refractivity contribution is 7.13. The van der Waals surface area contributed by atoms with E-state index >= 15 is 0 Å². The van der Waals surface area contributed by atoms with Crippen molar-refractivity contribution in [1.29, 1.82) is 0 Å². The van der Waals surface area contributed by atoms with Gasteiger partial charge in [-0.15, -0.1) is 11.3 Å². The van der Waals surface area contributed by atoms with Gasteiger partial charge in [0, 0.05) is 16.8 Å². The monoisotopic (exact) mass is 255 g/mol. The number of carbonyl (C=O) groups is 2. The van der Waals surface area contributed by atoms with Crippen LogP contribution in [0.4, 0.5) is 0 Å². The van der Waals surface area contributed by atoms with Crippen LogP contribution in [0.1, 0.15) is 41.2 Å². The van der Waals surface area contributed by atoms with Crippen molar-refractivity contribution in [2.45, 2.75) is 39.2 Å². The Morgan fingerprint density at radius 1 is 1.41 bits per heavy atom. The molecule has 17 heavy (non-hydrogen) atoms. The summed E-state index contributed by atoms with van der Waals surface area (Å²) in [4.78, 5) is 24.1. The van der Waals surface area contributed by atoms with Crippen LogP contribution < -0.4 is 5.32 Å². The lowest BCUT2D eigenvalue weighted by Gasteiger charge is -2.25. The van der Waals surface area contributed by atoms with Crippen molar-refractivity contribution in [3.8, 4) is 0 Å². The minimum absolute atomic E-state index is 0.0523. The Hall–Kier alpha value is -1.36. The fraction of sp³-hybridized carbons (Fsp3) is 0.500. The van der Waals surface area contributed by atoms with Crippen LogP contribution in [0.2, 0.25) is 0 Å². The average molecular weight is 255 g/mol. The third-order valence-electron chi connectivity index (χ3n) is 2.38. The molecule has 0 unspecified atom stereocenters. The molecule has 0 aliphatic heterocycles. The minimum atomic E-state index is -0.848. The molecule has 0 saturated carbocycles.